The van der Waals surface area contributed by atoms with Crippen molar-refractivity contribution in [3.8, 4) is 0 Å². The van der Waals surface area contributed by atoms with Gasteiger partial charge in [-0.2, -0.15) is 0 Å². The van der Waals surface area contributed by atoms with Gasteiger partial charge in [0.1, 0.15) is 0 Å². The van der Waals surface area contributed by atoms with Gasteiger partial charge in [0.2, 0.25) is 5.91 Å². The Labute approximate surface area is 111 Å². The van der Waals surface area contributed by atoms with Crippen molar-refractivity contribution < 1.29 is 14.3 Å². The fourth-order valence-electron chi connectivity index (χ4n) is 1.31. The minimum Gasteiger partial charge on any atom is -0.465 e. The van der Waals surface area contributed by atoms with Gasteiger partial charge in [-0.25, -0.2) is 4.79 Å². The second-order valence-corrected chi connectivity index (χ2v) is 4.39. The molecule has 4 nitrogen and oxygen atoms in total. The molecular formula is C13H16ClNO3. The summed E-state index contributed by atoms with van der Waals surface area (Å²) in [6.45, 7) is 3.75. The molecule has 98 valence electrons. The predicted molar refractivity (Wildman–Crippen MR) is 70.9 cm³/mol. The zero-order valence-corrected chi connectivity index (χ0v) is 11.4. The average molecular weight is 270 g/mol. The molecule has 0 heterocycles. The number of anilines is 1. The minimum atomic E-state index is -0.467. The van der Waals surface area contributed by atoms with E-state index in [1.54, 1.807) is 12.1 Å². The molecule has 0 bridgehead atoms. The Balaban J connectivity index is 2.94. The van der Waals surface area contributed by atoms with E-state index < -0.39 is 5.97 Å². The lowest BCUT2D eigenvalue weighted by Gasteiger charge is -2.12. The second kappa shape index (κ2) is 6.40. The maximum absolute atomic E-state index is 11.8. The number of carbonyl (C=O) groups excluding carboxylic acids is 2. The summed E-state index contributed by atoms with van der Waals surface area (Å²) in [5.41, 5.74) is 0.770. The van der Waals surface area contributed by atoms with E-state index in [1.165, 1.54) is 13.2 Å². The zero-order chi connectivity index (χ0) is 13.7. The lowest BCUT2D eigenvalue weighted by molar-refractivity contribution is -0.119. The number of methoxy groups -OCH3 is 1. The van der Waals surface area contributed by atoms with Gasteiger partial charge in [0.05, 0.1) is 23.4 Å². The van der Waals surface area contributed by atoms with Crippen LogP contribution in [-0.4, -0.2) is 19.0 Å². The van der Waals surface area contributed by atoms with Crippen molar-refractivity contribution in [2.24, 2.45) is 5.92 Å². The Morgan fingerprint density at radius 1 is 1.44 bits per heavy atom. The number of hydrogen-bond donors (Lipinski definition) is 1. The van der Waals surface area contributed by atoms with Crippen molar-refractivity contribution in [2.45, 2.75) is 20.3 Å². The first-order valence-electron chi connectivity index (χ1n) is 5.68. The third kappa shape index (κ3) is 3.47. The Kier molecular flexibility index (Phi) is 5.16. The molecular weight excluding hydrogens is 254 g/mol. The third-order valence-electron chi connectivity index (χ3n) is 2.71. The van der Waals surface area contributed by atoms with Gasteiger partial charge in [0.15, 0.2) is 0 Å². The summed E-state index contributed by atoms with van der Waals surface area (Å²) in [7, 11) is 1.30. The Morgan fingerprint density at radius 2 is 2.11 bits per heavy atom. The molecule has 1 atom stereocenters. The SMILES string of the molecule is CCC(C)C(=O)Nc1cc(C(=O)OC)ccc1Cl. The lowest BCUT2D eigenvalue weighted by Crippen LogP contribution is -2.20. The summed E-state index contributed by atoms with van der Waals surface area (Å²) in [4.78, 5) is 23.1. The highest BCUT2D eigenvalue weighted by molar-refractivity contribution is 6.33. The number of halogens is 1. The van der Waals surface area contributed by atoms with E-state index in [-0.39, 0.29) is 11.8 Å². The summed E-state index contributed by atoms with van der Waals surface area (Å²) in [6, 6.07) is 4.61. The molecule has 0 spiro atoms. The summed E-state index contributed by atoms with van der Waals surface area (Å²) in [5.74, 6) is -0.699. The highest BCUT2D eigenvalue weighted by Gasteiger charge is 2.14. The lowest BCUT2D eigenvalue weighted by atomic mass is 10.1. The van der Waals surface area contributed by atoms with Gasteiger partial charge in [0.25, 0.3) is 0 Å². The quantitative estimate of drug-likeness (QED) is 0.855. The molecule has 1 amide bonds. The normalized spacial score (nSPS) is 11.8. The first-order chi connectivity index (χ1) is 8.49. The van der Waals surface area contributed by atoms with Crippen LogP contribution in [0.2, 0.25) is 5.02 Å². The summed E-state index contributed by atoms with van der Waals surface area (Å²) >= 11 is 5.97. The number of esters is 1. The molecule has 0 aliphatic heterocycles. The van der Waals surface area contributed by atoms with Crippen molar-refractivity contribution in [1.82, 2.24) is 0 Å². The van der Waals surface area contributed by atoms with Crippen molar-refractivity contribution in [3.05, 3.63) is 28.8 Å². The highest BCUT2D eigenvalue weighted by Crippen LogP contribution is 2.24. The fourth-order valence-corrected chi connectivity index (χ4v) is 1.47. The first-order valence-corrected chi connectivity index (χ1v) is 6.06. The van der Waals surface area contributed by atoms with Crippen molar-refractivity contribution >= 4 is 29.2 Å². The van der Waals surface area contributed by atoms with Gasteiger partial charge in [-0.3, -0.25) is 4.79 Å². The maximum Gasteiger partial charge on any atom is 0.337 e. The average Bonchev–Trinajstić information content (AvgIpc) is 2.39. The molecule has 0 radical (unpaired) electrons. The molecule has 1 aromatic rings. The highest BCUT2D eigenvalue weighted by atomic mass is 35.5. The maximum atomic E-state index is 11.8. The Morgan fingerprint density at radius 3 is 2.67 bits per heavy atom. The van der Waals surface area contributed by atoms with Crippen molar-refractivity contribution in [2.75, 3.05) is 12.4 Å². The molecule has 1 N–H and O–H groups in total. The molecule has 1 aromatic carbocycles. The molecule has 1 rings (SSSR count). The number of ether oxygens (including phenoxy) is 1. The van der Waals surface area contributed by atoms with Crippen LogP contribution >= 0.6 is 11.6 Å². The van der Waals surface area contributed by atoms with E-state index in [2.05, 4.69) is 10.1 Å². The summed E-state index contributed by atoms with van der Waals surface area (Å²) in [5, 5.41) is 3.09. The van der Waals surface area contributed by atoms with Crippen LogP contribution in [0.5, 0.6) is 0 Å². The first kappa shape index (κ1) is 14.5. The van der Waals surface area contributed by atoms with E-state index in [1.807, 2.05) is 13.8 Å². The van der Waals surface area contributed by atoms with Crippen LogP contribution < -0.4 is 5.32 Å². The number of amides is 1. The topological polar surface area (TPSA) is 55.4 Å². The van der Waals surface area contributed by atoms with Crippen LogP contribution in [0, 0.1) is 5.92 Å². The van der Waals surface area contributed by atoms with E-state index >= 15 is 0 Å². The molecule has 0 aromatic heterocycles. The minimum absolute atomic E-state index is 0.108. The van der Waals surface area contributed by atoms with E-state index in [9.17, 15) is 9.59 Å². The van der Waals surface area contributed by atoms with Crippen molar-refractivity contribution in [3.63, 3.8) is 0 Å². The van der Waals surface area contributed by atoms with Crippen LogP contribution in [0.15, 0.2) is 18.2 Å². The van der Waals surface area contributed by atoms with Gasteiger partial charge in [-0.05, 0) is 24.6 Å². The van der Waals surface area contributed by atoms with Crippen LogP contribution in [0.1, 0.15) is 30.6 Å². The standard InChI is InChI=1S/C13H16ClNO3/c1-4-8(2)12(16)15-11-7-9(13(17)18-3)5-6-10(11)14/h5-8H,4H2,1-3H3,(H,15,16). The van der Waals surface area contributed by atoms with Crippen LogP contribution in [0.4, 0.5) is 5.69 Å². The largest absolute Gasteiger partial charge is 0.465 e. The van der Waals surface area contributed by atoms with E-state index in [0.29, 0.717) is 16.3 Å². The van der Waals surface area contributed by atoms with Gasteiger partial charge < -0.3 is 10.1 Å². The Hall–Kier alpha value is -1.55. The Bertz CT molecular complexity index is 460. The van der Waals surface area contributed by atoms with E-state index in [0.717, 1.165) is 6.42 Å². The zero-order valence-electron chi connectivity index (χ0n) is 10.6. The monoisotopic (exact) mass is 269 g/mol. The molecule has 18 heavy (non-hydrogen) atoms. The molecule has 0 saturated heterocycles. The number of carbonyl (C=O) groups is 2. The van der Waals surface area contributed by atoms with Gasteiger partial charge in [-0.15, -0.1) is 0 Å². The van der Waals surface area contributed by atoms with Crippen LogP contribution in [-0.2, 0) is 9.53 Å². The number of nitrogens with one attached hydrogen (secondary N) is 1. The van der Waals surface area contributed by atoms with Crippen LogP contribution in [0.25, 0.3) is 0 Å². The molecule has 1 unspecified atom stereocenters. The number of hydrogen-bond acceptors (Lipinski definition) is 3. The fraction of sp³-hybridized carbons (Fsp3) is 0.385. The van der Waals surface area contributed by atoms with Gasteiger partial charge in [0, 0.05) is 5.92 Å². The molecule has 0 fully saturated rings. The molecule has 5 heteroatoms. The molecule has 0 aliphatic carbocycles. The third-order valence-corrected chi connectivity index (χ3v) is 3.03. The smallest absolute Gasteiger partial charge is 0.337 e. The molecule has 0 aliphatic rings. The molecule has 0 saturated carbocycles. The number of benzene rings is 1. The second-order valence-electron chi connectivity index (χ2n) is 3.98. The predicted octanol–water partition coefficient (Wildman–Crippen LogP) is 3.11. The van der Waals surface area contributed by atoms with Crippen molar-refractivity contribution in [1.29, 1.82) is 0 Å². The number of rotatable bonds is 4. The summed E-state index contributed by atoms with van der Waals surface area (Å²) in [6.07, 6.45) is 0.736. The van der Waals surface area contributed by atoms with Gasteiger partial charge >= 0.3 is 5.97 Å². The van der Waals surface area contributed by atoms with Crippen LogP contribution in [0.3, 0.4) is 0 Å². The summed E-state index contributed by atoms with van der Waals surface area (Å²) < 4.78 is 4.61. The van der Waals surface area contributed by atoms with Gasteiger partial charge in [-0.1, -0.05) is 25.4 Å². The van der Waals surface area contributed by atoms with E-state index in [4.69, 9.17) is 11.6 Å².